The summed E-state index contributed by atoms with van der Waals surface area (Å²) < 4.78 is 10.1. The molecule has 1 saturated heterocycles. The number of hydrogen-bond donors (Lipinski definition) is 1. The zero-order chi connectivity index (χ0) is 24.9. The number of rotatable bonds is 4. The number of nitrogens with one attached hydrogen (secondary N) is 1. The summed E-state index contributed by atoms with van der Waals surface area (Å²) in [6.45, 7) is 8.11. The molecule has 1 aliphatic heterocycles. The largest absolute Gasteiger partial charge is 0.465 e. The van der Waals surface area contributed by atoms with E-state index in [1.807, 2.05) is 20.8 Å². The van der Waals surface area contributed by atoms with Gasteiger partial charge in [0.05, 0.1) is 18.4 Å². The second kappa shape index (κ2) is 10.4. The third-order valence-corrected chi connectivity index (χ3v) is 5.07. The van der Waals surface area contributed by atoms with Crippen molar-refractivity contribution in [3.05, 3.63) is 41.2 Å². The Morgan fingerprint density at radius 3 is 2.29 bits per heavy atom. The standard InChI is InChI=1S/C24H29N5O5/c1-6-7-19-20(27-29(26-19)18-10-8-16(9-11-18)22(31)33-5)21(30)25-17-12-14-28(15-13-17)23(32)34-24(2,3)4/h8-11,17H,12-15H2,1-5H3,(H,25,30). The molecule has 2 heterocycles. The molecule has 1 aromatic heterocycles. The minimum absolute atomic E-state index is 0.112. The maximum absolute atomic E-state index is 13.0. The number of hydrogen-bond acceptors (Lipinski definition) is 7. The lowest BCUT2D eigenvalue weighted by atomic mass is 10.1. The summed E-state index contributed by atoms with van der Waals surface area (Å²) in [5, 5.41) is 11.6. The molecule has 10 nitrogen and oxygen atoms in total. The van der Waals surface area contributed by atoms with E-state index < -0.39 is 11.6 Å². The Morgan fingerprint density at radius 2 is 1.74 bits per heavy atom. The third kappa shape index (κ3) is 6.13. The number of nitrogens with zero attached hydrogens (tertiary/aromatic N) is 4. The Labute approximate surface area is 198 Å². The molecule has 34 heavy (non-hydrogen) atoms. The van der Waals surface area contributed by atoms with Crippen molar-refractivity contribution in [3.8, 4) is 17.5 Å². The monoisotopic (exact) mass is 467 g/mol. The van der Waals surface area contributed by atoms with Gasteiger partial charge in [-0.3, -0.25) is 4.79 Å². The summed E-state index contributed by atoms with van der Waals surface area (Å²) in [5.41, 5.74) is 0.771. The molecule has 2 amide bonds. The third-order valence-electron chi connectivity index (χ3n) is 5.07. The number of benzene rings is 1. The SMILES string of the molecule is CC#Cc1nn(-c2ccc(C(=O)OC)cc2)nc1C(=O)NC1CCN(C(=O)OC(C)(C)C)CC1. The maximum atomic E-state index is 13.0. The van der Waals surface area contributed by atoms with E-state index in [9.17, 15) is 14.4 Å². The van der Waals surface area contributed by atoms with Crippen LogP contribution in [0, 0.1) is 11.8 Å². The molecule has 0 radical (unpaired) electrons. The highest BCUT2D eigenvalue weighted by Gasteiger charge is 2.29. The summed E-state index contributed by atoms with van der Waals surface area (Å²) in [5.74, 6) is 4.74. The lowest BCUT2D eigenvalue weighted by Gasteiger charge is -2.33. The number of esters is 1. The van der Waals surface area contributed by atoms with Crippen LogP contribution in [-0.4, -0.2) is 69.7 Å². The zero-order valence-electron chi connectivity index (χ0n) is 20.0. The number of amides is 2. The van der Waals surface area contributed by atoms with Crippen LogP contribution in [0.4, 0.5) is 4.79 Å². The normalized spacial score (nSPS) is 14.1. The number of likely N-dealkylation sites (tertiary alicyclic amines) is 1. The fourth-order valence-corrected chi connectivity index (χ4v) is 3.41. The molecule has 0 atom stereocenters. The van der Waals surface area contributed by atoms with Crippen LogP contribution in [0.25, 0.3) is 5.69 Å². The first-order valence-electron chi connectivity index (χ1n) is 11.0. The van der Waals surface area contributed by atoms with E-state index in [1.54, 1.807) is 36.1 Å². The van der Waals surface area contributed by atoms with Gasteiger partial charge < -0.3 is 19.7 Å². The molecule has 1 aliphatic rings. The number of carbonyl (C=O) groups excluding carboxylic acids is 3. The first-order chi connectivity index (χ1) is 16.1. The fourth-order valence-electron chi connectivity index (χ4n) is 3.41. The molecule has 0 saturated carbocycles. The zero-order valence-corrected chi connectivity index (χ0v) is 20.0. The second-order valence-electron chi connectivity index (χ2n) is 8.82. The molecule has 3 rings (SSSR count). The Hall–Kier alpha value is -3.87. The van der Waals surface area contributed by atoms with Gasteiger partial charge in [0.25, 0.3) is 5.91 Å². The van der Waals surface area contributed by atoms with Crippen LogP contribution in [0.15, 0.2) is 24.3 Å². The summed E-state index contributed by atoms with van der Waals surface area (Å²) in [6.07, 6.45) is 0.852. The molecule has 2 aromatic rings. The van der Waals surface area contributed by atoms with Crippen LogP contribution in [0.1, 0.15) is 67.1 Å². The van der Waals surface area contributed by atoms with Crippen LogP contribution in [0.3, 0.4) is 0 Å². The summed E-state index contributed by atoms with van der Waals surface area (Å²) in [7, 11) is 1.31. The number of methoxy groups -OCH3 is 1. The molecule has 0 spiro atoms. The van der Waals surface area contributed by atoms with Crippen LogP contribution in [-0.2, 0) is 9.47 Å². The maximum Gasteiger partial charge on any atom is 0.410 e. The van der Waals surface area contributed by atoms with Gasteiger partial charge >= 0.3 is 12.1 Å². The number of aromatic nitrogens is 3. The number of carbonyl (C=O) groups is 3. The minimum Gasteiger partial charge on any atom is -0.465 e. The second-order valence-corrected chi connectivity index (χ2v) is 8.82. The van der Waals surface area contributed by atoms with Crippen molar-refractivity contribution in [1.82, 2.24) is 25.2 Å². The van der Waals surface area contributed by atoms with E-state index >= 15 is 0 Å². The highest BCUT2D eigenvalue weighted by Crippen LogP contribution is 2.17. The van der Waals surface area contributed by atoms with Crippen molar-refractivity contribution in [2.45, 2.75) is 52.2 Å². The van der Waals surface area contributed by atoms with Gasteiger partial charge in [-0.1, -0.05) is 5.92 Å². The van der Waals surface area contributed by atoms with Crippen molar-refractivity contribution in [2.75, 3.05) is 20.2 Å². The van der Waals surface area contributed by atoms with Gasteiger partial charge in [-0.2, -0.15) is 0 Å². The Bertz CT molecular complexity index is 1110. The van der Waals surface area contributed by atoms with Gasteiger partial charge in [0.2, 0.25) is 0 Å². The minimum atomic E-state index is -0.551. The van der Waals surface area contributed by atoms with E-state index in [1.165, 1.54) is 11.9 Å². The highest BCUT2D eigenvalue weighted by atomic mass is 16.6. The van der Waals surface area contributed by atoms with Crippen molar-refractivity contribution in [2.24, 2.45) is 0 Å². The van der Waals surface area contributed by atoms with E-state index in [0.717, 1.165) is 0 Å². The topological polar surface area (TPSA) is 116 Å². The summed E-state index contributed by atoms with van der Waals surface area (Å²) in [6, 6.07) is 6.38. The van der Waals surface area contributed by atoms with E-state index in [4.69, 9.17) is 9.47 Å². The lowest BCUT2D eigenvalue weighted by molar-refractivity contribution is 0.0199. The first-order valence-corrected chi connectivity index (χ1v) is 11.0. The number of piperidine rings is 1. The van der Waals surface area contributed by atoms with Crippen LogP contribution in [0.2, 0.25) is 0 Å². The van der Waals surface area contributed by atoms with E-state index in [-0.39, 0.29) is 29.4 Å². The molecule has 1 aromatic carbocycles. The van der Waals surface area contributed by atoms with Gasteiger partial charge in [0, 0.05) is 19.1 Å². The number of ether oxygens (including phenoxy) is 2. The van der Waals surface area contributed by atoms with E-state index in [2.05, 4.69) is 27.4 Å². The molecule has 0 unspecified atom stereocenters. The highest BCUT2D eigenvalue weighted by molar-refractivity contribution is 5.94. The fraction of sp³-hybridized carbons (Fsp3) is 0.458. The molecular weight excluding hydrogens is 438 g/mol. The molecule has 1 N–H and O–H groups in total. The van der Waals surface area contributed by atoms with Gasteiger partial charge in [-0.15, -0.1) is 15.0 Å². The Kier molecular flexibility index (Phi) is 7.56. The van der Waals surface area contributed by atoms with Crippen molar-refractivity contribution >= 4 is 18.0 Å². The van der Waals surface area contributed by atoms with Gasteiger partial charge in [-0.05, 0) is 70.7 Å². The van der Waals surface area contributed by atoms with Crippen LogP contribution >= 0.6 is 0 Å². The molecule has 0 aliphatic carbocycles. The molecule has 180 valence electrons. The lowest BCUT2D eigenvalue weighted by Crippen LogP contribution is -2.48. The average molecular weight is 468 g/mol. The Balaban J connectivity index is 1.68. The Morgan fingerprint density at radius 1 is 1.09 bits per heavy atom. The van der Waals surface area contributed by atoms with Crippen molar-refractivity contribution in [3.63, 3.8) is 0 Å². The predicted octanol–water partition coefficient (Wildman–Crippen LogP) is 2.55. The molecular formula is C24H29N5O5. The van der Waals surface area contributed by atoms with E-state index in [0.29, 0.717) is 37.2 Å². The van der Waals surface area contributed by atoms with Crippen LogP contribution < -0.4 is 5.32 Å². The predicted molar refractivity (Wildman–Crippen MR) is 124 cm³/mol. The summed E-state index contributed by atoms with van der Waals surface area (Å²) >= 11 is 0. The molecule has 0 bridgehead atoms. The average Bonchev–Trinajstić information content (AvgIpc) is 3.22. The van der Waals surface area contributed by atoms with Gasteiger partial charge in [-0.25, -0.2) is 9.59 Å². The van der Waals surface area contributed by atoms with Crippen molar-refractivity contribution < 1.29 is 23.9 Å². The van der Waals surface area contributed by atoms with Crippen molar-refractivity contribution in [1.29, 1.82) is 0 Å². The summed E-state index contributed by atoms with van der Waals surface area (Å²) in [4.78, 5) is 39.8. The first kappa shape index (κ1) is 24.8. The van der Waals surface area contributed by atoms with Crippen LogP contribution in [0.5, 0.6) is 0 Å². The molecule has 10 heteroatoms. The van der Waals surface area contributed by atoms with Gasteiger partial charge in [0.15, 0.2) is 11.4 Å². The van der Waals surface area contributed by atoms with Gasteiger partial charge in [0.1, 0.15) is 5.60 Å². The quantitative estimate of drug-likeness (QED) is 0.543. The molecule has 1 fully saturated rings. The smallest absolute Gasteiger partial charge is 0.410 e.